The molecule has 0 aromatic carbocycles. The van der Waals surface area contributed by atoms with Crippen molar-refractivity contribution in [2.24, 2.45) is 14.1 Å². The quantitative estimate of drug-likeness (QED) is 0.878. The van der Waals surface area contributed by atoms with E-state index in [-0.39, 0.29) is 5.56 Å². The predicted octanol–water partition coefficient (Wildman–Crippen LogP) is 0.662. The maximum Gasteiger partial charge on any atom is 0.266 e. The molecule has 1 fully saturated rings. The number of nitrogens with one attached hydrogen (secondary N) is 1. The second-order valence-electron chi connectivity index (χ2n) is 6.11. The molecule has 2 aromatic heterocycles. The second-order valence-corrected chi connectivity index (χ2v) is 6.11. The van der Waals surface area contributed by atoms with E-state index in [1.807, 2.05) is 30.1 Å². The summed E-state index contributed by atoms with van der Waals surface area (Å²) in [5, 5.41) is 12.3. The van der Waals surface area contributed by atoms with Crippen LogP contribution in [-0.4, -0.2) is 38.7 Å². The monoisotopic (exact) mass is 316 g/mol. The number of hydrogen-bond donors (Lipinski definition) is 1. The molecule has 0 amide bonds. The van der Waals surface area contributed by atoms with Gasteiger partial charge in [0.1, 0.15) is 5.82 Å². The molecule has 1 saturated heterocycles. The van der Waals surface area contributed by atoms with Crippen molar-refractivity contribution in [1.29, 1.82) is 0 Å². The molecule has 7 nitrogen and oxygen atoms in total. The smallest absolute Gasteiger partial charge is 0.266 e. The van der Waals surface area contributed by atoms with Gasteiger partial charge in [-0.1, -0.05) is 0 Å². The molecule has 1 aliphatic heterocycles. The fourth-order valence-corrected chi connectivity index (χ4v) is 3.08. The van der Waals surface area contributed by atoms with Crippen LogP contribution in [0.4, 0.5) is 5.82 Å². The standard InChI is InChI=1S/C16H24N6O/c1-20-10-8-13(18-20)11-17-12-14-5-3-4-9-22(14)15-6-7-16(23)21(2)19-15/h6-8,10,14,17H,3-5,9,11-12H2,1-2H3. The van der Waals surface area contributed by atoms with E-state index in [1.165, 1.54) is 17.5 Å². The lowest BCUT2D eigenvalue weighted by Crippen LogP contribution is -2.46. The van der Waals surface area contributed by atoms with Gasteiger partial charge in [0, 0.05) is 52.0 Å². The average molecular weight is 316 g/mol. The Kier molecular flexibility index (Phi) is 4.76. The fraction of sp³-hybridized carbons (Fsp3) is 0.562. The number of rotatable bonds is 5. The van der Waals surface area contributed by atoms with Crippen molar-refractivity contribution >= 4 is 5.82 Å². The molecule has 1 atom stereocenters. The summed E-state index contributed by atoms with van der Waals surface area (Å²) in [6, 6.07) is 5.85. The van der Waals surface area contributed by atoms with Gasteiger partial charge in [0.15, 0.2) is 0 Å². The van der Waals surface area contributed by atoms with Gasteiger partial charge in [-0.05, 0) is 31.4 Å². The van der Waals surface area contributed by atoms with Gasteiger partial charge in [-0.2, -0.15) is 10.2 Å². The maximum absolute atomic E-state index is 11.5. The zero-order chi connectivity index (χ0) is 16.2. The Morgan fingerprint density at radius 2 is 2.09 bits per heavy atom. The lowest BCUT2D eigenvalue weighted by molar-refractivity contribution is 0.428. The van der Waals surface area contributed by atoms with Crippen LogP contribution in [0.5, 0.6) is 0 Å². The maximum atomic E-state index is 11.5. The van der Waals surface area contributed by atoms with Gasteiger partial charge in [-0.25, -0.2) is 4.68 Å². The second kappa shape index (κ2) is 6.95. The zero-order valence-electron chi connectivity index (χ0n) is 13.8. The number of nitrogens with zero attached hydrogens (tertiary/aromatic N) is 5. The molecule has 0 aliphatic carbocycles. The third-order valence-electron chi connectivity index (χ3n) is 4.32. The van der Waals surface area contributed by atoms with Crippen molar-refractivity contribution < 1.29 is 0 Å². The Morgan fingerprint density at radius 3 is 2.83 bits per heavy atom. The lowest BCUT2D eigenvalue weighted by atomic mass is 10.0. The number of hydrogen-bond acceptors (Lipinski definition) is 5. The first kappa shape index (κ1) is 15.7. The summed E-state index contributed by atoms with van der Waals surface area (Å²) < 4.78 is 3.22. The van der Waals surface area contributed by atoms with Crippen LogP contribution >= 0.6 is 0 Å². The molecule has 2 aromatic rings. The van der Waals surface area contributed by atoms with Crippen LogP contribution in [0, 0.1) is 0 Å². The van der Waals surface area contributed by atoms with Crippen LogP contribution in [0.3, 0.4) is 0 Å². The molecule has 124 valence electrons. The lowest BCUT2D eigenvalue weighted by Gasteiger charge is -2.36. The summed E-state index contributed by atoms with van der Waals surface area (Å²) in [5.74, 6) is 0.886. The molecule has 1 unspecified atom stereocenters. The van der Waals surface area contributed by atoms with Crippen molar-refractivity contribution in [2.75, 3.05) is 18.0 Å². The Labute approximate surface area is 135 Å². The highest BCUT2D eigenvalue weighted by atomic mass is 16.1. The van der Waals surface area contributed by atoms with E-state index >= 15 is 0 Å². The van der Waals surface area contributed by atoms with Crippen LogP contribution < -0.4 is 15.8 Å². The molecule has 1 aliphatic rings. The fourth-order valence-electron chi connectivity index (χ4n) is 3.08. The first-order valence-electron chi connectivity index (χ1n) is 8.14. The van der Waals surface area contributed by atoms with Gasteiger partial charge in [0.25, 0.3) is 5.56 Å². The van der Waals surface area contributed by atoms with Crippen molar-refractivity contribution in [3.05, 3.63) is 40.4 Å². The molecule has 3 rings (SSSR count). The van der Waals surface area contributed by atoms with E-state index in [1.54, 1.807) is 13.1 Å². The minimum Gasteiger partial charge on any atom is -0.351 e. The van der Waals surface area contributed by atoms with Gasteiger partial charge in [0.05, 0.1) is 5.69 Å². The molecular weight excluding hydrogens is 292 g/mol. The first-order chi connectivity index (χ1) is 11.1. The third-order valence-corrected chi connectivity index (χ3v) is 4.32. The van der Waals surface area contributed by atoms with E-state index in [9.17, 15) is 4.79 Å². The van der Waals surface area contributed by atoms with Crippen molar-refractivity contribution in [1.82, 2.24) is 24.9 Å². The molecule has 0 saturated carbocycles. The minimum absolute atomic E-state index is 0.0735. The third kappa shape index (κ3) is 3.79. The van der Waals surface area contributed by atoms with Crippen molar-refractivity contribution in [2.45, 2.75) is 31.8 Å². The van der Waals surface area contributed by atoms with Crippen molar-refractivity contribution in [3.63, 3.8) is 0 Å². The van der Waals surface area contributed by atoms with Gasteiger partial charge < -0.3 is 10.2 Å². The Bertz CT molecular complexity index is 707. The predicted molar refractivity (Wildman–Crippen MR) is 89.4 cm³/mol. The number of piperidine rings is 1. The van der Waals surface area contributed by atoms with Gasteiger partial charge in [-0.3, -0.25) is 9.48 Å². The topological polar surface area (TPSA) is 68.0 Å². The van der Waals surface area contributed by atoms with E-state index in [4.69, 9.17) is 0 Å². The van der Waals surface area contributed by atoms with Gasteiger partial charge in [-0.15, -0.1) is 0 Å². The number of aromatic nitrogens is 4. The Hall–Kier alpha value is -2.15. The molecule has 0 bridgehead atoms. The first-order valence-corrected chi connectivity index (χ1v) is 8.14. The zero-order valence-corrected chi connectivity index (χ0v) is 13.8. The largest absolute Gasteiger partial charge is 0.351 e. The summed E-state index contributed by atoms with van der Waals surface area (Å²) >= 11 is 0. The summed E-state index contributed by atoms with van der Waals surface area (Å²) in [4.78, 5) is 13.8. The van der Waals surface area contributed by atoms with Crippen LogP contribution in [0.1, 0.15) is 25.0 Å². The highest BCUT2D eigenvalue weighted by molar-refractivity contribution is 5.38. The van der Waals surface area contributed by atoms with E-state index in [0.29, 0.717) is 6.04 Å². The average Bonchev–Trinajstić information content (AvgIpc) is 2.96. The number of aryl methyl sites for hydroxylation is 2. The van der Waals surface area contributed by atoms with Crippen LogP contribution in [0.25, 0.3) is 0 Å². The summed E-state index contributed by atoms with van der Waals surface area (Å²) in [7, 11) is 3.63. The van der Waals surface area contributed by atoms with E-state index in [2.05, 4.69) is 20.4 Å². The van der Waals surface area contributed by atoms with E-state index < -0.39 is 0 Å². The normalized spacial score (nSPS) is 18.3. The molecule has 0 spiro atoms. The number of anilines is 1. The summed E-state index contributed by atoms with van der Waals surface area (Å²) in [6.07, 6.45) is 5.50. The summed E-state index contributed by atoms with van der Waals surface area (Å²) in [5.41, 5.74) is 0.977. The Balaban J connectivity index is 1.63. The molecule has 23 heavy (non-hydrogen) atoms. The summed E-state index contributed by atoms with van der Waals surface area (Å²) in [6.45, 7) is 2.65. The molecule has 3 heterocycles. The van der Waals surface area contributed by atoms with Gasteiger partial charge >= 0.3 is 0 Å². The van der Waals surface area contributed by atoms with Crippen molar-refractivity contribution in [3.8, 4) is 0 Å². The SMILES string of the molecule is Cn1ccc(CNCC2CCCCN2c2ccc(=O)n(C)n2)n1. The molecular formula is C16H24N6O. The molecule has 1 N–H and O–H groups in total. The highest BCUT2D eigenvalue weighted by Gasteiger charge is 2.23. The molecule has 7 heteroatoms. The van der Waals surface area contributed by atoms with Crippen LogP contribution in [0.2, 0.25) is 0 Å². The van der Waals surface area contributed by atoms with E-state index in [0.717, 1.165) is 37.6 Å². The minimum atomic E-state index is -0.0735. The van der Waals surface area contributed by atoms with Gasteiger partial charge in [0.2, 0.25) is 0 Å². The molecule has 0 radical (unpaired) electrons. The highest BCUT2D eigenvalue weighted by Crippen LogP contribution is 2.21. The Morgan fingerprint density at radius 1 is 1.22 bits per heavy atom. The van der Waals surface area contributed by atoms with Crippen LogP contribution in [-0.2, 0) is 20.6 Å². The van der Waals surface area contributed by atoms with Crippen LogP contribution in [0.15, 0.2) is 29.2 Å².